The fourth-order valence-corrected chi connectivity index (χ4v) is 5.55. The van der Waals surface area contributed by atoms with Crippen molar-refractivity contribution in [3.05, 3.63) is 143 Å². The predicted octanol–water partition coefficient (Wildman–Crippen LogP) is 4.31. The molecule has 0 saturated carbocycles. The van der Waals surface area contributed by atoms with E-state index in [0.29, 0.717) is 32.3 Å². The second-order valence-electron chi connectivity index (χ2n) is 10.9. The number of benzene rings is 5. The van der Waals surface area contributed by atoms with Crippen LogP contribution in [0.15, 0.2) is 109 Å². The number of hydrazine groups is 2. The normalized spacial score (nSPS) is 13.4. The SMILES string of the molecule is O=C(NN1C(=O)c2ccc(-c3ccc(-c4ccc5c(c4)C(=O)N(NC(=O)c4ccccc4O)C5=O)cc3)cc2C1=O)c1ccccc1O. The van der Waals surface area contributed by atoms with Gasteiger partial charge in [-0.3, -0.25) is 39.6 Å². The molecule has 5 aromatic rings. The van der Waals surface area contributed by atoms with Crippen molar-refractivity contribution in [3.8, 4) is 33.8 Å². The van der Waals surface area contributed by atoms with Gasteiger partial charge in [-0.15, -0.1) is 0 Å². The molecule has 7 rings (SSSR count). The third-order valence-corrected chi connectivity index (χ3v) is 8.05. The fraction of sp³-hybridized carbons (Fsp3) is 0. The third kappa shape index (κ3) is 4.90. The Labute approximate surface area is 271 Å². The number of phenols is 2. The topological polar surface area (TPSA) is 173 Å². The number of nitrogens with one attached hydrogen (secondary N) is 2. The molecule has 2 heterocycles. The van der Waals surface area contributed by atoms with Crippen molar-refractivity contribution in [2.75, 3.05) is 0 Å². The number of fused-ring (bicyclic) bond motifs is 2. The van der Waals surface area contributed by atoms with Gasteiger partial charge in [0.2, 0.25) is 0 Å². The van der Waals surface area contributed by atoms with Gasteiger partial charge in [0.05, 0.1) is 33.4 Å². The number of aromatic hydroxyl groups is 2. The first-order valence-electron chi connectivity index (χ1n) is 14.5. The lowest BCUT2D eigenvalue weighted by molar-refractivity contribution is 0.0512. The van der Waals surface area contributed by atoms with Gasteiger partial charge < -0.3 is 10.2 Å². The quantitative estimate of drug-likeness (QED) is 0.199. The van der Waals surface area contributed by atoms with Crippen molar-refractivity contribution in [1.82, 2.24) is 20.9 Å². The Hall–Kier alpha value is -7.08. The molecule has 0 spiro atoms. The lowest BCUT2D eigenvalue weighted by atomic mass is 9.96. The van der Waals surface area contributed by atoms with Gasteiger partial charge in [0.25, 0.3) is 35.4 Å². The lowest BCUT2D eigenvalue weighted by Crippen LogP contribution is -2.45. The standard InChI is InChI=1S/C36H22N4O8/c41-29-7-3-1-5-25(29)31(43)37-39-33(45)23-15-13-21(17-27(23)35(39)47)19-9-11-20(12-10-19)22-14-16-24-28(18-22)36(48)40(34(24)46)38-32(44)26-6-2-4-8-30(26)42/h1-18,41-42H,(H,37,43)(H,38,44). The fourth-order valence-electron chi connectivity index (χ4n) is 5.55. The van der Waals surface area contributed by atoms with E-state index in [4.69, 9.17) is 0 Å². The first-order valence-corrected chi connectivity index (χ1v) is 14.5. The number of hydrogen-bond acceptors (Lipinski definition) is 8. The zero-order valence-electron chi connectivity index (χ0n) is 24.6. The number of carbonyl (C=O) groups excluding carboxylic acids is 6. The van der Waals surface area contributed by atoms with Crippen molar-refractivity contribution in [1.29, 1.82) is 0 Å². The molecular weight excluding hydrogens is 616 g/mol. The van der Waals surface area contributed by atoms with Crippen molar-refractivity contribution < 1.29 is 39.0 Å². The van der Waals surface area contributed by atoms with Crippen LogP contribution in [0.2, 0.25) is 0 Å². The van der Waals surface area contributed by atoms with Gasteiger partial charge in [0.1, 0.15) is 11.5 Å². The average molecular weight is 639 g/mol. The first kappa shape index (κ1) is 29.6. The molecule has 2 aliphatic heterocycles. The molecule has 12 nitrogen and oxygen atoms in total. The van der Waals surface area contributed by atoms with Crippen molar-refractivity contribution in [3.63, 3.8) is 0 Å². The molecule has 0 saturated heterocycles. The Morgan fingerprint density at radius 2 is 0.771 bits per heavy atom. The summed E-state index contributed by atoms with van der Waals surface area (Å²) in [4.78, 5) is 77.4. The summed E-state index contributed by atoms with van der Waals surface area (Å²) in [6.07, 6.45) is 0. The van der Waals surface area contributed by atoms with Gasteiger partial charge in [0, 0.05) is 0 Å². The van der Waals surface area contributed by atoms with E-state index in [9.17, 15) is 39.0 Å². The van der Waals surface area contributed by atoms with Crippen LogP contribution < -0.4 is 10.9 Å². The zero-order chi connectivity index (χ0) is 33.7. The molecule has 0 radical (unpaired) electrons. The molecule has 0 bridgehead atoms. The van der Waals surface area contributed by atoms with E-state index in [-0.39, 0.29) is 44.9 Å². The van der Waals surface area contributed by atoms with E-state index in [1.807, 2.05) is 0 Å². The van der Waals surface area contributed by atoms with Gasteiger partial charge >= 0.3 is 0 Å². The predicted molar refractivity (Wildman–Crippen MR) is 169 cm³/mol. The minimum atomic E-state index is -0.819. The van der Waals surface area contributed by atoms with Crippen LogP contribution >= 0.6 is 0 Å². The number of rotatable bonds is 6. The molecule has 0 aromatic heterocycles. The Bertz CT molecular complexity index is 2090. The molecule has 0 aliphatic carbocycles. The molecule has 12 heteroatoms. The Balaban J connectivity index is 1.08. The molecule has 48 heavy (non-hydrogen) atoms. The molecule has 6 amide bonds. The highest BCUT2D eigenvalue weighted by molar-refractivity contribution is 6.23. The minimum absolute atomic E-state index is 0.0949. The maximum absolute atomic E-state index is 13.1. The second-order valence-corrected chi connectivity index (χ2v) is 10.9. The largest absolute Gasteiger partial charge is 0.507 e. The van der Waals surface area contributed by atoms with Crippen LogP contribution in [0.5, 0.6) is 11.5 Å². The molecule has 5 aromatic carbocycles. The number of nitrogens with zero attached hydrogens (tertiary/aromatic N) is 2. The maximum atomic E-state index is 13.1. The second kappa shape index (κ2) is 11.4. The molecular formula is C36H22N4O8. The van der Waals surface area contributed by atoms with Crippen LogP contribution in [0, 0.1) is 0 Å². The molecule has 0 atom stereocenters. The van der Waals surface area contributed by atoms with E-state index in [1.165, 1.54) is 60.7 Å². The van der Waals surface area contributed by atoms with E-state index < -0.39 is 35.4 Å². The summed E-state index contributed by atoms with van der Waals surface area (Å²) >= 11 is 0. The Morgan fingerprint density at radius 3 is 1.15 bits per heavy atom. The lowest BCUT2D eigenvalue weighted by Gasteiger charge is -2.15. The average Bonchev–Trinajstić information content (AvgIpc) is 3.48. The van der Waals surface area contributed by atoms with E-state index >= 15 is 0 Å². The van der Waals surface area contributed by atoms with Gasteiger partial charge in [0.15, 0.2) is 0 Å². The summed E-state index contributed by atoms with van der Waals surface area (Å²) in [5, 5.41) is 21.2. The summed E-state index contributed by atoms with van der Waals surface area (Å²) < 4.78 is 0. The van der Waals surface area contributed by atoms with Crippen LogP contribution in [0.4, 0.5) is 0 Å². The number of imide groups is 2. The Kier molecular flexibility index (Phi) is 7.02. The van der Waals surface area contributed by atoms with Crippen molar-refractivity contribution in [2.45, 2.75) is 0 Å². The first-order chi connectivity index (χ1) is 23.1. The van der Waals surface area contributed by atoms with Crippen LogP contribution in [0.3, 0.4) is 0 Å². The van der Waals surface area contributed by atoms with Gasteiger partial charge in [-0.1, -0.05) is 60.7 Å². The summed E-state index contributed by atoms with van der Waals surface area (Å²) in [7, 11) is 0. The summed E-state index contributed by atoms with van der Waals surface area (Å²) in [6, 6.07) is 28.1. The number of phenolic OH excluding ortho intramolecular Hbond substituents is 2. The summed E-state index contributed by atoms with van der Waals surface area (Å²) in [5.41, 5.74) is 7.44. The molecule has 2 aliphatic rings. The molecule has 234 valence electrons. The third-order valence-electron chi connectivity index (χ3n) is 8.05. The number of amides is 6. The van der Waals surface area contributed by atoms with E-state index in [0.717, 1.165) is 0 Å². The van der Waals surface area contributed by atoms with E-state index in [2.05, 4.69) is 10.9 Å². The number of para-hydroxylation sites is 2. The molecule has 0 fully saturated rings. The van der Waals surface area contributed by atoms with Crippen LogP contribution in [0.25, 0.3) is 22.3 Å². The zero-order valence-corrected chi connectivity index (χ0v) is 24.6. The summed E-state index contributed by atoms with van der Waals surface area (Å²) in [5.74, 6) is -5.09. The van der Waals surface area contributed by atoms with Crippen LogP contribution in [-0.4, -0.2) is 55.7 Å². The van der Waals surface area contributed by atoms with Crippen LogP contribution in [0.1, 0.15) is 62.1 Å². The van der Waals surface area contributed by atoms with Crippen molar-refractivity contribution in [2.24, 2.45) is 0 Å². The molecule has 4 N–H and O–H groups in total. The van der Waals surface area contributed by atoms with E-state index in [1.54, 1.807) is 48.5 Å². The minimum Gasteiger partial charge on any atom is -0.507 e. The monoisotopic (exact) mass is 638 g/mol. The summed E-state index contributed by atoms with van der Waals surface area (Å²) in [6.45, 7) is 0. The van der Waals surface area contributed by atoms with Crippen LogP contribution in [-0.2, 0) is 0 Å². The van der Waals surface area contributed by atoms with Gasteiger partial charge in [-0.2, -0.15) is 10.0 Å². The van der Waals surface area contributed by atoms with Gasteiger partial charge in [-0.25, -0.2) is 0 Å². The highest BCUT2D eigenvalue weighted by atomic mass is 16.3. The maximum Gasteiger partial charge on any atom is 0.280 e. The van der Waals surface area contributed by atoms with Gasteiger partial charge in [-0.05, 0) is 70.8 Å². The molecule has 0 unspecified atom stereocenters. The number of carbonyl (C=O) groups is 6. The number of hydrogen-bond donors (Lipinski definition) is 4. The Morgan fingerprint density at radius 1 is 0.438 bits per heavy atom. The smallest absolute Gasteiger partial charge is 0.280 e. The highest BCUT2D eigenvalue weighted by Gasteiger charge is 2.39. The highest BCUT2D eigenvalue weighted by Crippen LogP contribution is 2.32. The van der Waals surface area contributed by atoms with Crippen molar-refractivity contribution >= 4 is 35.4 Å².